The molecule has 2 aromatic carbocycles. The van der Waals surface area contributed by atoms with E-state index < -0.39 is 0 Å². The largest absolute Gasteiger partial charge is 0.497 e. The number of urea groups is 1. The Hall–Kier alpha value is -3.13. The number of carbonyl (C=O) groups is 1. The number of piperidine rings is 1. The molecule has 1 fully saturated rings. The summed E-state index contributed by atoms with van der Waals surface area (Å²) >= 11 is 1.68. The van der Waals surface area contributed by atoms with Crippen molar-refractivity contribution in [1.82, 2.24) is 20.4 Å². The first-order chi connectivity index (χ1) is 15.6. The summed E-state index contributed by atoms with van der Waals surface area (Å²) in [4.78, 5) is 14.4. The van der Waals surface area contributed by atoms with E-state index in [9.17, 15) is 4.79 Å². The fourth-order valence-electron chi connectivity index (χ4n) is 3.78. The number of rotatable bonds is 7. The molecule has 1 aromatic heterocycles. The smallest absolute Gasteiger partial charge is 0.317 e. The van der Waals surface area contributed by atoms with Crippen LogP contribution in [0.15, 0.2) is 48.5 Å². The number of hydrogen-bond acceptors (Lipinski definition) is 6. The molecule has 3 aromatic rings. The zero-order valence-corrected chi connectivity index (χ0v) is 19.2. The first kappa shape index (κ1) is 22.1. The van der Waals surface area contributed by atoms with Gasteiger partial charge in [-0.05, 0) is 48.2 Å². The van der Waals surface area contributed by atoms with Gasteiger partial charge < -0.3 is 19.7 Å². The van der Waals surface area contributed by atoms with Crippen molar-refractivity contribution in [3.05, 3.63) is 69.7 Å². The highest BCUT2D eigenvalue weighted by molar-refractivity contribution is 7.11. The van der Waals surface area contributed by atoms with Crippen molar-refractivity contribution in [3.8, 4) is 11.5 Å². The zero-order valence-electron chi connectivity index (χ0n) is 18.4. The molecule has 0 radical (unpaired) electrons. The van der Waals surface area contributed by atoms with Crippen LogP contribution in [-0.4, -0.2) is 48.4 Å². The van der Waals surface area contributed by atoms with E-state index >= 15 is 0 Å². The topological polar surface area (TPSA) is 76.6 Å². The highest BCUT2D eigenvalue weighted by Gasteiger charge is 2.26. The molecular weight excluding hydrogens is 424 g/mol. The quantitative estimate of drug-likeness (QED) is 0.580. The van der Waals surface area contributed by atoms with E-state index in [1.165, 1.54) is 5.56 Å². The zero-order chi connectivity index (χ0) is 22.3. The maximum absolute atomic E-state index is 12.5. The van der Waals surface area contributed by atoms with E-state index in [2.05, 4.69) is 27.6 Å². The molecule has 8 heteroatoms. The van der Waals surface area contributed by atoms with Crippen LogP contribution in [-0.2, 0) is 13.0 Å². The molecule has 1 aliphatic rings. The summed E-state index contributed by atoms with van der Waals surface area (Å²) in [7, 11) is 3.31. The summed E-state index contributed by atoms with van der Waals surface area (Å²) in [5.74, 6) is 2.03. The fourth-order valence-corrected chi connectivity index (χ4v) is 4.83. The van der Waals surface area contributed by atoms with Crippen LogP contribution in [0.5, 0.6) is 11.5 Å². The van der Waals surface area contributed by atoms with E-state index in [1.807, 2.05) is 41.3 Å². The number of amides is 2. The second-order valence-electron chi connectivity index (χ2n) is 7.83. The number of carbonyl (C=O) groups excluding carboxylic acids is 1. The monoisotopic (exact) mass is 452 g/mol. The first-order valence-corrected chi connectivity index (χ1v) is 11.6. The third kappa shape index (κ3) is 5.56. The molecule has 2 heterocycles. The average Bonchev–Trinajstić information content (AvgIpc) is 3.32. The Morgan fingerprint density at radius 2 is 1.56 bits per heavy atom. The van der Waals surface area contributed by atoms with Crippen LogP contribution in [0.2, 0.25) is 0 Å². The lowest BCUT2D eigenvalue weighted by Crippen LogP contribution is -2.43. The van der Waals surface area contributed by atoms with Gasteiger partial charge in [0.05, 0.1) is 14.2 Å². The third-order valence-electron chi connectivity index (χ3n) is 5.73. The summed E-state index contributed by atoms with van der Waals surface area (Å²) < 4.78 is 10.4. The predicted octanol–water partition coefficient (Wildman–Crippen LogP) is 4.24. The van der Waals surface area contributed by atoms with Gasteiger partial charge in [0.25, 0.3) is 0 Å². The van der Waals surface area contributed by atoms with E-state index in [4.69, 9.17) is 9.47 Å². The van der Waals surface area contributed by atoms with Gasteiger partial charge in [0.15, 0.2) is 0 Å². The molecule has 0 unspecified atom stereocenters. The first-order valence-electron chi connectivity index (χ1n) is 10.8. The summed E-state index contributed by atoms with van der Waals surface area (Å²) in [6.45, 7) is 1.97. The Balaban J connectivity index is 1.24. The SMILES string of the molecule is COc1ccc(CNC(=O)N2CCC(c3nnc(Cc4ccc(OC)cc4)s3)CC2)cc1. The molecule has 7 nitrogen and oxygen atoms in total. The molecule has 0 atom stereocenters. The van der Waals surface area contributed by atoms with Gasteiger partial charge in [-0.15, -0.1) is 21.5 Å². The number of methoxy groups -OCH3 is 2. The minimum absolute atomic E-state index is 0.0169. The van der Waals surface area contributed by atoms with Gasteiger partial charge in [-0.2, -0.15) is 0 Å². The van der Waals surface area contributed by atoms with Crippen LogP contribution >= 0.6 is 11.3 Å². The van der Waals surface area contributed by atoms with Crippen molar-refractivity contribution in [2.75, 3.05) is 27.3 Å². The summed E-state index contributed by atoms with van der Waals surface area (Å²) in [5, 5.41) is 13.9. The Labute approximate surface area is 192 Å². The minimum atomic E-state index is -0.0169. The number of nitrogens with zero attached hydrogens (tertiary/aromatic N) is 3. The number of likely N-dealkylation sites (tertiary alicyclic amines) is 1. The average molecular weight is 453 g/mol. The van der Waals surface area contributed by atoms with Crippen molar-refractivity contribution >= 4 is 17.4 Å². The highest BCUT2D eigenvalue weighted by Crippen LogP contribution is 2.31. The number of benzene rings is 2. The molecule has 1 aliphatic heterocycles. The summed E-state index contributed by atoms with van der Waals surface area (Å²) in [6, 6.07) is 15.8. The molecule has 1 N–H and O–H groups in total. The molecule has 1 saturated heterocycles. The van der Waals surface area contributed by atoms with Crippen molar-refractivity contribution in [1.29, 1.82) is 0 Å². The van der Waals surface area contributed by atoms with Gasteiger partial charge in [-0.1, -0.05) is 24.3 Å². The fraction of sp³-hybridized carbons (Fsp3) is 0.375. The Morgan fingerprint density at radius 1 is 0.969 bits per heavy atom. The van der Waals surface area contributed by atoms with Gasteiger partial charge in [-0.3, -0.25) is 0 Å². The number of hydrogen-bond donors (Lipinski definition) is 1. The van der Waals surface area contributed by atoms with Crippen molar-refractivity contribution in [2.45, 2.75) is 31.7 Å². The van der Waals surface area contributed by atoms with Gasteiger partial charge >= 0.3 is 6.03 Å². The summed E-state index contributed by atoms with van der Waals surface area (Å²) in [5.41, 5.74) is 2.24. The standard InChI is InChI=1S/C24H28N4O3S/c1-30-20-7-3-17(4-8-20)15-22-26-27-23(32-22)19-11-13-28(14-12-19)24(29)25-16-18-5-9-21(31-2)10-6-18/h3-10,19H,11-16H2,1-2H3,(H,25,29). The van der Waals surface area contributed by atoms with E-state index in [1.54, 1.807) is 25.6 Å². The minimum Gasteiger partial charge on any atom is -0.497 e. The molecule has 4 rings (SSSR count). The number of aromatic nitrogens is 2. The van der Waals surface area contributed by atoms with Gasteiger partial charge in [0, 0.05) is 32.0 Å². The van der Waals surface area contributed by atoms with Gasteiger partial charge in [0.1, 0.15) is 21.5 Å². The van der Waals surface area contributed by atoms with Crippen LogP contribution < -0.4 is 14.8 Å². The number of ether oxygens (including phenoxy) is 2. The second kappa shape index (κ2) is 10.5. The molecule has 0 saturated carbocycles. The normalized spacial score (nSPS) is 14.2. The van der Waals surface area contributed by atoms with Crippen LogP contribution in [0.1, 0.15) is 39.9 Å². The van der Waals surface area contributed by atoms with Crippen LogP contribution in [0.4, 0.5) is 4.79 Å². The van der Waals surface area contributed by atoms with Crippen molar-refractivity contribution in [3.63, 3.8) is 0 Å². The molecule has 2 amide bonds. The predicted molar refractivity (Wildman–Crippen MR) is 124 cm³/mol. The Kier molecular flexibility index (Phi) is 7.21. The van der Waals surface area contributed by atoms with Gasteiger partial charge in [-0.25, -0.2) is 4.79 Å². The molecule has 0 bridgehead atoms. The van der Waals surface area contributed by atoms with Crippen molar-refractivity contribution < 1.29 is 14.3 Å². The van der Waals surface area contributed by atoms with Crippen LogP contribution in [0, 0.1) is 0 Å². The highest BCUT2D eigenvalue weighted by atomic mass is 32.1. The lowest BCUT2D eigenvalue weighted by atomic mass is 9.98. The maximum atomic E-state index is 12.5. The van der Waals surface area contributed by atoms with Crippen molar-refractivity contribution in [2.24, 2.45) is 0 Å². The molecule has 0 aliphatic carbocycles. The molecule has 0 spiro atoms. The Bertz CT molecular complexity index is 1010. The van der Waals surface area contributed by atoms with Gasteiger partial charge in [0.2, 0.25) is 0 Å². The van der Waals surface area contributed by atoms with Crippen LogP contribution in [0.25, 0.3) is 0 Å². The van der Waals surface area contributed by atoms with Crippen LogP contribution in [0.3, 0.4) is 0 Å². The molecule has 168 valence electrons. The second-order valence-corrected chi connectivity index (χ2v) is 8.92. The van der Waals surface area contributed by atoms with E-state index in [0.717, 1.165) is 59.4 Å². The number of nitrogens with one attached hydrogen (secondary N) is 1. The Morgan fingerprint density at radius 3 is 2.16 bits per heavy atom. The molecular formula is C24H28N4O3S. The third-order valence-corrected chi connectivity index (χ3v) is 6.82. The lowest BCUT2D eigenvalue weighted by molar-refractivity contribution is 0.181. The summed E-state index contributed by atoms with van der Waals surface area (Å²) in [6.07, 6.45) is 2.59. The van der Waals surface area contributed by atoms with E-state index in [0.29, 0.717) is 12.5 Å². The maximum Gasteiger partial charge on any atom is 0.317 e. The van der Waals surface area contributed by atoms with E-state index in [-0.39, 0.29) is 6.03 Å². The molecule has 32 heavy (non-hydrogen) atoms. The lowest BCUT2D eigenvalue weighted by Gasteiger charge is -2.31.